The van der Waals surface area contributed by atoms with Crippen LogP contribution in [-0.2, 0) is 9.84 Å². The average Bonchev–Trinajstić information content (AvgIpc) is 3.09. The molecule has 0 aliphatic rings. The molecule has 0 aliphatic carbocycles. The summed E-state index contributed by atoms with van der Waals surface area (Å²) in [6.07, 6.45) is 6.88. The van der Waals surface area contributed by atoms with E-state index in [0.717, 1.165) is 29.7 Å². The molecule has 3 aromatic rings. The van der Waals surface area contributed by atoms with Crippen LogP contribution >= 0.6 is 0 Å². The number of benzene rings is 1. The van der Waals surface area contributed by atoms with Crippen LogP contribution in [0.25, 0.3) is 17.1 Å². The summed E-state index contributed by atoms with van der Waals surface area (Å²) in [4.78, 5) is 8.63. The first kappa shape index (κ1) is 17.2. The van der Waals surface area contributed by atoms with Gasteiger partial charge in [0.05, 0.1) is 23.4 Å². The summed E-state index contributed by atoms with van der Waals surface area (Å²) in [5, 5.41) is 0. The number of nitrogens with zero attached hydrogens (tertiary/aromatic N) is 3. The Labute approximate surface area is 147 Å². The molecular formula is C18H19N3O3S. The van der Waals surface area contributed by atoms with E-state index in [4.69, 9.17) is 4.74 Å². The van der Waals surface area contributed by atoms with Crippen LogP contribution in [0, 0.1) is 0 Å². The van der Waals surface area contributed by atoms with E-state index >= 15 is 0 Å². The summed E-state index contributed by atoms with van der Waals surface area (Å²) >= 11 is 0. The van der Waals surface area contributed by atoms with Gasteiger partial charge in [-0.2, -0.15) is 0 Å². The number of rotatable bonds is 6. The first-order valence-electron chi connectivity index (χ1n) is 7.91. The van der Waals surface area contributed by atoms with Crippen molar-refractivity contribution in [2.45, 2.75) is 18.2 Å². The van der Waals surface area contributed by atoms with E-state index in [1.807, 2.05) is 28.8 Å². The third kappa shape index (κ3) is 3.88. The van der Waals surface area contributed by atoms with Crippen LogP contribution in [-0.4, -0.2) is 35.8 Å². The zero-order valence-electron chi connectivity index (χ0n) is 14.1. The fourth-order valence-corrected chi connectivity index (χ4v) is 2.93. The lowest BCUT2D eigenvalue weighted by Gasteiger charge is -2.09. The normalized spacial score (nSPS) is 11.4. The van der Waals surface area contributed by atoms with Crippen LogP contribution in [0.5, 0.6) is 5.75 Å². The molecule has 2 heterocycles. The standard InChI is InChI=1S/C18H19N3O3S/c1-3-10-24-15-6-4-14(5-7-15)17-12-19-13-21(17)18-9-8-16(11-20-18)25(2,22)23/h4-9,11-13H,3,10H2,1-2H3. The van der Waals surface area contributed by atoms with Crippen molar-refractivity contribution in [2.75, 3.05) is 12.9 Å². The molecule has 0 N–H and O–H groups in total. The Morgan fingerprint density at radius 2 is 1.84 bits per heavy atom. The molecule has 0 fully saturated rings. The Bertz CT molecular complexity index is 946. The Balaban J connectivity index is 1.90. The Hall–Kier alpha value is -2.67. The smallest absolute Gasteiger partial charge is 0.177 e. The largest absolute Gasteiger partial charge is 0.494 e. The minimum Gasteiger partial charge on any atom is -0.494 e. The second-order valence-electron chi connectivity index (χ2n) is 5.65. The van der Waals surface area contributed by atoms with Gasteiger partial charge in [0.2, 0.25) is 0 Å². The number of aromatic nitrogens is 3. The minimum absolute atomic E-state index is 0.190. The lowest BCUT2D eigenvalue weighted by molar-refractivity contribution is 0.317. The van der Waals surface area contributed by atoms with Crippen molar-refractivity contribution in [3.63, 3.8) is 0 Å². The first-order chi connectivity index (χ1) is 12.0. The predicted octanol–water partition coefficient (Wildman–Crippen LogP) is 3.13. The summed E-state index contributed by atoms with van der Waals surface area (Å²) in [6, 6.07) is 11.0. The van der Waals surface area contributed by atoms with Gasteiger partial charge in [0.1, 0.15) is 17.9 Å². The van der Waals surface area contributed by atoms with E-state index in [0.29, 0.717) is 12.4 Å². The maximum Gasteiger partial charge on any atom is 0.177 e. The fraction of sp³-hybridized carbons (Fsp3) is 0.222. The molecule has 0 aliphatic heterocycles. The van der Waals surface area contributed by atoms with Crippen molar-refractivity contribution in [2.24, 2.45) is 0 Å². The number of pyridine rings is 1. The highest BCUT2D eigenvalue weighted by atomic mass is 32.2. The third-order valence-electron chi connectivity index (χ3n) is 3.66. The molecule has 0 saturated carbocycles. The van der Waals surface area contributed by atoms with E-state index in [1.54, 1.807) is 24.7 Å². The molecule has 7 heteroatoms. The van der Waals surface area contributed by atoms with Crippen LogP contribution in [0.15, 0.2) is 60.0 Å². The Morgan fingerprint density at radius 1 is 1.08 bits per heavy atom. The van der Waals surface area contributed by atoms with Crippen molar-refractivity contribution in [1.29, 1.82) is 0 Å². The molecule has 0 bridgehead atoms. The molecule has 1 aromatic carbocycles. The summed E-state index contributed by atoms with van der Waals surface area (Å²) in [5.74, 6) is 1.43. The molecule has 3 rings (SSSR count). The first-order valence-corrected chi connectivity index (χ1v) is 9.80. The van der Waals surface area contributed by atoms with Gasteiger partial charge >= 0.3 is 0 Å². The van der Waals surface area contributed by atoms with Crippen molar-refractivity contribution in [3.8, 4) is 22.8 Å². The molecular weight excluding hydrogens is 338 g/mol. The summed E-state index contributed by atoms with van der Waals surface area (Å²) in [5.41, 5.74) is 1.83. The Morgan fingerprint density at radius 3 is 2.44 bits per heavy atom. The van der Waals surface area contributed by atoms with Crippen LogP contribution in [0.4, 0.5) is 0 Å². The van der Waals surface area contributed by atoms with Gasteiger partial charge in [-0.15, -0.1) is 0 Å². The minimum atomic E-state index is -3.26. The highest BCUT2D eigenvalue weighted by Crippen LogP contribution is 2.24. The second-order valence-corrected chi connectivity index (χ2v) is 7.66. The zero-order chi connectivity index (χ0) is 17.9. The lowest BCUT2D eigenvalue weighted by Crippen LogP contribution is -2.02. The van der Waals surface area contributed by atoms with Crippen molar-refractivity contribution >= 4 is 9.84 Å². The topological polar surface area (TPSA) is 74.1 Å². The van der Waals surface area contributed by atoms with Crippen molar-refractivity contribution in [3.05, 3.63) is 55.1 Å². The SMILES string of the molecule is CCCOc1ccc(-c2cncn2-c2ccc(S(C)(=O)=O)cn2)cc1. The highest BCUT2D eigenvalue weighted by Gasteiger charge is 2.11. The summed E-state index contributed by atoms with van der Waals surface area (Å²) in [6.45, 7) is 2.75. The van der Waals surface area contributed by atoms with Crippen LogP contribution in [0.3, 0.4) is 0 Å². The van der Waals surface area contributed by atoms with E-state index in [1.165, 1.54) is 6.20 Å². The number of imidazole rings is 1. The monoisotopic (exact) mass is 357 g/mol. The van der Waals surface area contributed by atoms with Gasteiger partial charge in [-0.1, -0.05) is 6.92 Å². The van der Waals surface area contributed by atoms with Crippen molar-refractivity contribution < 1.29 is 13.2 Å². The van der Waals surface area contributed by atoms with Crippen LogP contribution in [0.1, 0.15) is 13.3 Å². The number of hydrogen-bond donors (Lipinski definition) is 0. The van der Waals surface area contributed by atoms with E-state index < -0.39 is 9.84 Å². The van der Waals surface area contributed by atoms with E-state index in [2.05, 4.69) is 16.9 Å². The Kier molecular flexibility index (Phi) is 4.85. The molecule has 130 valence electrons. The summed E-state index contributed by atoms with van der Waals surface area (Å²) in [7, 11) is -3.26. The van der Waals surface area contributed by atoms with Gasteiger partial charge in [-0.25, -0.2) is 18.4 Å². The van der Waals surface area contributed by atoms with Gasteiger partial charge < -0.3 is 4.74 Å². The molecule has 0 amide bonds. The lowest BCUT2D eigenvalue weighted by atomic mass is 10.1. The third-order valence-corrected chi connectivity index (χ3v) is 4.75. The number of ether oxygens (including phenoxy) is 1. The van der Waals surface area contributed by atoms with E-state index in [-0.39, 0.29) is 4.90 Å². The molecule has 2 aromatic heterocycles. The second kappa shape index (κ2) is 7.06. The zero-order valence-corrected chi connectivity index (χ0v) is 14.9. The summed E-state index contributed by atoms with van der Waals surface area (Å²) < 4.78 is 30.5. The average molecular weight is 357 g/mol. The van der Waals surface area contributed by atoms with Gasteiger partial charge in [0.15, 0.2) is 9.84 Å². The fourth-order valence-electron chi connectivity index (χ4n) is 2.37. The molecule has 0 atom stereocenters. The maximum atomic E-state index is 11.6. The molecule has 25 heavy (non-hydrogen) atoms. The highest BCUT2D eigenvalue weighted by molar-refractivity contribution is 7.90. The molecule has 0 unspecified atom stereocenters. The van der Waals surface area contributed by atoms with Gasteiger partial charge in [0.25, 0.3) is 0 Å². The van der Waals surface area contributed by atoms with Gasteiger partial charge in [-0.3, -0.25) is 4.57 Å². The van der Waals surface area contributed by atoms with Gasteiger partial charge in [0, 0.05) is 18.0 Å². The number of hydrogen-bond acceptors (Lipinski definition) is 5. The predicted molar refractivity (Wildman–Crippen MR) is 95.7 cm³/mol. The number of sulfone groups is 1. The molecule has 6 nitrogen and oxygen atoms in total. The molecule has 0 radical (unpaired) electrons. The molecule has 0 saturated heterocycles. The maximum absolute atomic E-state index is 11.6. The van der Waals surface area contributed by atoms with Crippen LogP contribution in [0.2, 0.25) is 0 Å². The van der Waals surface area contributed by atoms with Crippen molar-refractivity contribution in [1.82, 2.24) is 14.5 Å². The van der Waals surface area contributed by atoms with Crippen LogP contribution < -0.4 is 4.74 Å². The van der Waals surface area contributed by atoms with E-state index in [9.17, 15) is 8.42 Å². The molecule has 0 spiro atoms. The van der Waals surface area contributed by atoms with Gasteiger partial charge in [-0.05, 0) is 42.8 Å². The quantitative estimate of drug-likeness (QED) is 0.678.